The maximum Gasteiger partial charge on any atom is 0.305 e. The first-order chi connectivity index (χ1) is 7.20. The minimum atomic E-state index is -0.127. The van der Waals surface area contributed by atoms with Crippen molar-refractivity contribution >= 4 is 11.9 Å². The molecule has 0 fully saturated rings. The Labute approximate surface area is 91.5 Å². The highest BCUT2D eigenvalue weighted by molar-refractivity contribution is 5.72. The Morgan fingerprint density at radius 1 is 1.00 bits per heavy atom. The van der Waals surface area contributed by atoms with E-state index in [1.807, 2.05) is 6.92 Å². The van der Waals surface area contributed by atoms with Crippen LogP contribution in [0.15, 0.2) is 0 Å². The molecule has 0 unspecified atom stereocenters. The maximum atomic E-state index is 11.0. The lowest BCUT2D eigenvalue weighted by atomic mass is 10.1. The molecule has 0 atom stereocenters. The molecular formula is C11H21NO3. The number of unbranched alkanes of at least 4 members (excludes halogenated alkanes) is 2. The van der Waals surface area contributed by atoms with Crippen LogP contribution in [0.2, 0.25) is 0 Å². The van der Waals surface area contributed by atoms with E-state index in [-0.39, 0.29) is 5.97 Å². The second-order valence-electron chi connectivity index (χ2n) is 3.22. The predicted molar refractivity (Wildman–Crippen MR) is 59.1 cm³/mol. The number of esters is 1. The average Bonchev–Trinajstić information content (AvgIpc) is 2.18. The first-order valence-electron chi connectivity index (χ1n) is 5.56. The Kier molecular flexibility index (Phi) is 8.82. The Morgan fingerprint density at radius 3 is 2.20 bits per heavy atom. The molecule has 4 nitrogen and oxygen atoms in total. The first kappa shape index (κ1) is 13.9. The summed E-state index contributed by atoms with van der Waals surface area (Å²) in [5.74, 6) is 0.214. The zero-order valence-corrected chi connectivity index (χ0v) is 9.67. The van der Waals surface area contributed by atoms with Crippen molar-refractivity contribution in [3.05, 3.63) is 0 Å². The van der Waals surface area contributed by atoms with Gasteiger partial charge < -0.3 is 9.47 Å². The molecule has 0 spiro atoms. The topological polar surface area (TPSA) is 59.4 Å². The molecule has 0 radical (unpaired) electrons. The molecule has 0 aliphatic carbocycles. The van der Waals surface area contributed by atoms with Gasteiger partial charge in [-0.05, 0) is 26.7 Å². The number of ether oxygens (including phenoxy) is 2. The molecule has 0 aliphatic heterocycles. The molecule has 0 bridgehead atoms. The number of nitrogens with one attached hydrogen (secondary N) is 1. The third-order valence-corrected chi connectivity index (χ3v) is 1.91. The smallest absolute Gasteiger partial charge is 0.305 e. The van der Waals surface area contributed by atoms with E-state index in [4.69, 9.17) is 14.9 Å². The summed E-state index contributed by atoms with van der Waals surface area (Å²) in [6.45, 7) is 4.69. The highest BCUT2D eigenvalue weighted by Crippen LogP contribution is 2.05. The second-order valence-corrected chi connectivity index (χ2v) is 3.22. The molecular weight excluding hydrogens is 194 g/mol. The van der Waals surface area contributed by atoms with Crippen molar-refractivity contribution in [1.82, 2.24) is 0 Å². The molecule has 0 rings (SSSR count). The normalized spacial score (nSPS) is 9.73. The molecule has 0 aromatic rings. The Morgan fingerprint density at radius 2 is 1.60 bits per heavy atom. The van der Waals surface area contributed by atoms with Crippen molar-refractivity contribution in [3.8, 4) is 0 Å². The van der Waals surface area contributed by atoms with Gasteiger partial charge in [0.25, 0.3) is 0 Å². The highest BCUT2D eigenvalue weighted by Gasteiger charge is 2.01. The monoisotopic (exact) mass is 215 g/mol. The van der Waals surface area contributed by atoms with Crippen LogP contribution in [0, 0.1) is 5.41 Å². The van der Waals surface area contributed by atoms with Gasteiger partial charge in [0.05, 0.1) is 13.2 Å². The Bertz CT molecular complexity index is 172. The SMILES string of the molecule is CCOC(=N)CCCCCC(=O)OCC. The van der Waals surface area contributed by atoms with E-state index in [0.717, 1.165) is 19.3 Å². The Hall–Kier alpha value is -1.06. The number of hydrogen-bond donors (Lipinski definition) is 1. The standard InChI is InChI=1S/C11H21NO3/c1-3-14-10(12)8-6-5-7-9-11(13)15-4-2/h12H,3-9H2,1-2H3. The van der Waals surface area contributed by atoms with Crippen LogP contribution < -0.4 is 0 Å². The van der Waals surface area contributed by atoms with E-state index in [1.54, 1.807) is 6.92 Å². The molecule has 15 heavy (non-hydrogen) atoms. The predicted octanol–water partition coefficient (Wildman–Crippen LogP) is 2.51. The fraction of sp³-hybridized carbons (Fsp3) is 0.818. The minimum Gasteiger partial charge on any atom is -0.481 e. The van der Waals surface area contributed by atoms with Crippen LogP contribution in [0.5, 0.6) is 0 Å². The summed E-state index contributed by atoms with van der Waals surface area (Å²) in [4.78, 5) is 11.0. The van der Waals surface area contributed by atoms with Gasteiger partial charge in [-0.3, -0.25) is 10.2 Å². The van der Waals surface area contributed by atoms with E-state index in [2.05, 4.69) is 0 Å². The summed E-state index contributed by atoms with van der Waals surface area (Å²) < 4.78 is 9.80. The lowest BCUT2D eigenvalue weighted by Gasteiger charge is -2.04. The summed E-state index contributed by atoms with van der Waals surface area (Å²) in [5, 5.41) is 7.36. The highest BCUT2D eigenvalue weighted by atomic mass is 16.5. The van der Waals surface area contributed by atoms with Gasteiger partial charge in [-0.25, -0.2) is 0 Å². The quantitative estimate of drug-likeness (QED) is 0.293. The van der Waals surface area contributed by atoms with Gasteiger partial charge in [-0.15, -0.1) is 0 Å². The third kappa shape index (κ3) is 9.25. The van der Waals surface area contributed by atoms with Gasteiger partial charge in [-0.1, -0.05) is 6.42 Å². The molecule has 0 heterocycles. The Balaban J connectivity index is 3.24. The van der Waals surface area contributed by atoms with Crippen LogP contribution in [-0.4, -0.2) is 25.1 Å². The maximum absolute atomic E-state index is 11.0. The molecule has 0 saturated heterocycles. The summed E-state index contributed by atoms with van der Waals surface area (Å²) >= 11 is 0. The van der Waals surface area contributed by atoms with Crippen molar-refractivity contribution in [2.24, 2.45) is 0 Å². The van der Waals surface area contributed by atoms with Crippen LogP contribution in [0.4, 0.5) is 0 Å². The molecule has 0 amide bonds. The van der Waals surface area contributed by atoms with E-state index in [1.165, 1.54) is 0 Å². The summed E-state index contributed by atoms with van der Waals surface area (Å²) in [7, 11) is 0. The van der Waals surface area contributed by atoms with E-state index >= 15 is 0 Å². The average molecular weight is 215 g/mol. The van der Waals surface area contributed by atoms with Crippen LogP contribution in [0.3, 0.4) is 0 Å². The molecule has 0 aromatic carbocycles. The molecule has 88 valence electrons. The van der Waals surface area contributed by atoms with Crippen molar-refractivity contribution < 1.29 is 14.3 Å². The van der Waals surface area contributed by atoms with Gasteiger partial charge in [0.2, 0.25) is 0 Å². The van der Waals surface area contributed by atoms with Crippen molar-refractivity contribution in [2.75, 3.05) is 13.2 Å². The van der Waals surface area contributed by atoms with E-state index < -0.39 is 0 Å². The van der Waals surface area contributed by atoms with Crippen molar-refractivity contribution in [1.29, 1.82) is 5.41 Å². The minimum absolute atomic E-state index is 0.127. The largest absolute Gasteiger partial charge is 0.481 e. The van der Waals surface area contributed by atoms with Crippen molar-refractivity contribution in [2.45, 2.75) is 46.0 Å². The molecule has 1 N–H and O–H groups in total. The molecule has 0 aromatic heterocycles. The van der Waals surface area contributed by atoms with Gasteiger partial charge in [0.1, 0.15) is 0 Å². The number of rotatable bonds is 8. The summed E-state index contributed by atoms with van der Waals surface area (Å²) in [6.07, 6.45) is 3.82. The fourth-order valence-corrected chi connectivity index (χ4v) is 1.21. The van der Waals surface area contributed by atoms with Crippen LogP contribution in [0.25, 0.3) is 0 Å². The summed E-state index contributed by atoms with van der Waals surface area (Å²) in [6, 6.07) is 0. The number of carbonyl (C=O) groups is 1. The fourth-order valence-electron chi connectivity index (χ4n) is 1.21. The number of carbonyl (C=O) groups excluding carboxylic acids is 1. The molecule has 0 aliphatic rings. The van der Waals surface area contributed by atoms with Gasteiger partial charge in [0, 0.05) is 12.8 Å². The van der Waals surface area contributed by atoms with E-state index in [0.29, 0.717) is 32.0 Å². The molecule has 0 saturated carbocycles. The van der Waals surface area contributed by atoms with Crippen LogP contribution in [0.1, 0.15) is 46.0 Å². The van der Waals surface area contributed by atoms with E-state index in [9.17, 15) is 4.79 Å². The third-order valence-electron chi connectivity index (χ3n) is 1.91. The number of hydrogen-bond acceptors (Lipinski definition) is 4. The van der Waals surface area contributed by atoms with Crippen LogP contribution in [-0.2, 0) is 14.3 Å². The lowest BCUT2D eigenvalue weighted by Crippen LogP contribution is -2.04. The van der Waals surface area contributed by atoms with Gasteiger partial charge in [0.15, 0.2) is 5.90 Å². The first-order valence-corrected chi connectivity index (χ1v) is 5.56. The summed E-state index contributed by atoms with van der Waals surface area (Å²) in [5.41, 5.74) is 0. The second kappa shape index (κ2) is 9.49. The zero-order chi connectivity index (χ0) is 11.5. The van der Waals surface area contributed by atoms with Gasteiger partial charge >= 0.3 is 5.97 Å². The van der Waals surface area contributed by atoms with Gasteiger partial charge in [-0.2, -0.15) is 0 Å². The van der Waals surface area contributed by atoms with Crippen molar-refractivity contribution in [3.63, 3.8) is 0 Å². The van der Waals surface area contributed by atoms with Crippen LogP contribution >= 0.6 is 0 Å². The lowest BCUT2D eigenvalue weighted by molar-refractivity contribution is -0.143. The molecule has 4 heteroatoms. The zero-order valence-electron chi connectivity index (χ0n) is 9.67.